The van der Waals surface area contributed by atoms with Gasteiger partial charge in [0.2, 0.25) is 11.8 Å². The van der Waals surface area contributed by atoms with Crippen LogP contribution < -0.4 is 10.6 Å². The molecule has 2 fully saturated rings. The third-order valence-corrected chi connectivity index (χ3v) is 7.19. The number of rotatable bonds is 15. The van der Waals surface area contributed by atoms with E-state index in [2.05, 4.69) is 14.8 Å². The zero-order valence-electron chi connectivity index (χ0n) is 23.5. The van der Waals surface area contributed by atoms with Crippen LogP contribution in [0, 0.1) is 0 Å². The lowest BCUT2D eigenvalue weighted by Gasteiger charge is -2.48. The van der Waals surface area contributed by atoms with E-state index in [0.29, 0.717) is 0 Å². The summed E-state index contributed by atoms with van der Waals surface area (Å²) in [5, 5.41) is 96.9. The molecule has 2 aliphatic heterocycles. The van der Waals surface area contributed by atoms with Crippen molar-refractivity contribution in [2.75, 3.05) is 26.4 Å². The maximum Gasteiger partial charge on any atom is 0.397 e. The van der Waals surface area contributed by atoms with Gasteiger partial charge in [0.1, 0.15) is 67.1 Å². The Kier molecular flexibility index (Phi) is 14.6. The molecule has 0 aromatic heterocycles. The third-order valence-electron chi connectivity index (χ3n) is 6.76. The topological polar surface area (TPSA) is 341 Å². The summed E-state index contributed by atoms with van der Waals surface area (Å²) in [6, 6.07) is -3.10. The average Bonchev–Trinajstić information content (AvgIpc) is 2.95. The largest absolute Gasteiger partial charge is 0.397 e. The van der Waals surface area contributed by atoms with E-state index in [0.717, 1.165) is 13.8 Å². The number of carbonyl (C=O) groups is 2. The highest BCUT2D eigenvalue weighted by atomic mass is 32.3. The van der Waals surface area contributed by atoms with E-state index in [1.807, 2.05) is 0 Å². The van der Waals surface area contributed by atoms with Crippen LogP contribution in [0.4, 0.5) is 0 Å². The first kappa shape index (κ1) is 38.5. The standard InChI is InChI=1S/C22H40N2O19S/c1-7(28)23-9(3-25)19(14(31)10(30)4-26)42-22-18(35)20(16(33)11(5-27)40-22)43-21-13(24-8(2)29)17(34)15(32)12(41-21)6-39-44(36,37)38/h9-22,25-27,30-35H,3-6H2,1-2H3,(H,23,28)(H,24,29)(H,36,37,38)/t9-,10+,11+,12+,13+,14-,15+,16-,17+,18+,19+,20-,21-,22-/m0/s1. The molecular formula is C22H40N2O19S. The monoisotopic (exact) mass is 668 g/mol. The van der Waals surface area contributed by atoms with Crippen molar-refractivity contribution in [3.8, 4) is 0 Å². The first-order valence-electron chi connectivity index (χ1n) is 13.1. The molecule has 44 heavy (non-hydrogen) atoms. The van der Waals surface area contributed by atoms with E-state index in [9.17, 15) is 64.0 Å². The normalized spacial score (nSPS) is 35.7. The van der Waals surface area contributed by atoms with Gasteiger partial charge in [-0.05, 0) is 0 Å². The van der Waals surface area contributed by atoms with Crippen LogP contribution >= 0.6 is 0 Å². The minimum absolute atomic E-state index is 0.718. The van der Waals surface area contributed by atoms with Crippen molar-refractivity contribution < 1.29 is 91.6 Å². The van der Waals surface area contributed by atoms with Gasteiger partial charge in [0, 0.05) is 13.8 Å². The summed E-state index contributed by atoms with van der Waals surface area (Å²) in [6.45, 7) is -1.83. The van der Waals surface area contributed by atoms with Crippen LogP contribution in [0.5, 0.6) is 0 Å². The number of amides is 2. The van der Waals surface area contributed by atoms with Gasteiger partial charge < -0.3 is 75.5 Å². The van der Waals surface area contributed by atoms with Gasteiger partial charge in [-0.25, -0.2) is 4.18 Å². The van der Waals surface area contributed by atoms with E-state index in [1.54, 1.807) is 0 Å². The highest BCUT2D eigenvalue weighted by Gasteiger charge is 2.53. The van der Waals surface area contributed by atoms with Gasteiger partial charge in [0.05, 0.1) is 32.5 Å². The van der Waals surface area contributed by atoms with E-state index >= 15 is 0 Å². The van der Waals surface area contributed by atoms with Crippen LogP contribution in [-0.4, -0.2) is 183 Å². The summed E-state index contributed by atoms with van der Waals surface area (Å²) >= 11 is 0. The Hall–Kier alpha value is -1.71. The summed E-state index contributed by atoms with van der Waals surface area (Å²) in [5.41, 5.74) is 0. The molecule has 12 N–H and O–H groups in total. The van der Waals surface area contributed by atoms with Crippen LogP contribution in [0.3, 0.4) is 0 Å². The van der Waals surface area contributed by atoms with E-state index in [1.165, 1.54) is 0 Å². The Morgan fingerprint density at radius 3 is 1.98 bits per heavy atom. The molecule has 0 aromatic rings. The number of hydrogen-bond donors (Lipinski definition) is 12. The molecule has 0 unspecified atom stereocenters. The molecule has 21 nitrogen and oxygen atoms in total. The number of nitrogens with one attached hydrogen (secondary N) is 2. The van der Waals surface area contributed by atoms with Crippen LogP contribution in [0.25, 0.3) is 0 Å². The highest BCUT2D eigenvalue weighted by molar-refractivity contribution is 7.80. The molecule has 2 rings (SSSR count). The maximum atomic E-state index is 11.8. The van der Waals surface area contributed by atoms with Crippen LogP contribution in [0.1, 0.15) is 13.8 Å². The van der Waals surface area contributed by atoms with Gasteiger partial charge in [-0.3, -0.25) is 14.1 Å². The second kappa shape index (κ2) is 16.7. The van der Waals surface area contributed by atoms with E-state index < -0.39 is 134 Å². The Labute approximate surface area is 250 Å². The van der Waals surface area contributed by atoms with Crippen molar-refractivity contribution in [2.24, 2.45) is 0 Å². The molecule has 22 heteroatoms. The van der Waals surface area contributed by atoms with Gasteiger partial charge in [0.25, 0.3) is 0 Å². The molecule has 14 atom stereocenters. The van der Waals surface area contributed by atoms with Crippen LogP contribution in [0.15, 0.2) is 0 Å². The molecule has 258 valence electrons. The number of aliphatic hydroxyl groups excluding tert-OH is 9. The number of hydrogen-bond acceptors (Lipinski definition) is 18. The smallest absolute Gasteiger partial charge is 0.394 e. The lowest BCUT2D eigenvalue weighted by Crippen LogP contribution is -2.68. The molecule has 2 saturated heterocycles. The fourth-order valence-corrected chi connectivity index (χ4v) is 4.90. The molecule has 0 aliphatic carbocycles. The fraction of sp³-hybridized carbons (Fsp3) is 0.909. The van der Waals surface area contributed by atoms with Gasteiger partial charge in [-0.2, -0.15) is 8.42 Å². The molecule has 2 heterocycles. The van der Waals surface area contributed by atoms with Crippen LogP contribution in [-0.2, 0) is 43.1 Å². The first-order chi connectivity index (χ1) is 20.4. The number of aliphatic hydroxyl groups is 9. The fourth-order valence-electron chi connectivity index (χ4n) is 4.60. The molecular weight excluding hydrogens is 628 g/mol. The third kappa shape index (κ3) is 10.1. The summed E-state index contributed by atoms with van der Waals surface area (Å²) < 4.78 is 57.2. The summed E-state index contributed by atoms with van der Waals surface area (Å²) in [4.78, 5) is 23.5. The van der Waals surface area contributed by atoms with Crippen molar-refractivity contribution >= 4 is 22.2 Å². The molecule has 0 aromatic carbocycles. The second-order valence-corrected chi connectivity index (χ2v) is 11.2. The van der Waals surface area contributed by atoms with Crippen molar-refractivity contribution in [3.63, 3.8) is 0 Å². The molecule has 0 saturated carbocycles. The second-order valence-electron chi connectivity index (χ2n) is 10.1. The van der Waals surface area contributed by atoms with Gasteiger partial charge in [0.15, 0.2) is 12.6 Å². The summed E-state index contributed by atoms with van der Waals surface area (Å²) in [5.74, 6) is -1.49. The molecule has 2 amide bonds. The Morgan fingerprint density at radius 2 is 1.48 bits per heavy atom. The Morgan fingerprint density at radius 1 is 0.864 bits per heavy atom. The predicted molar refractivity (Wildman–Crippen MR) is 137 cm³/mol. The van der Waals surface area contributed by atoms with Gasteiger partial charge in [-0.15, -0.1) is 0 Å². The summed E-state index contributed by atoms with van der Waals surface area (Å²) in [7, 11) is -5.04. The highest BCUT2D eigenvalue weighted by Crippen LogP contribution is 2.31. The number of ether oxygens (including phenoxy) is 4. The van der Waals surface area contributed by atoms with Gasteiger partial charge in [-0.1, -0.05) is 0 Å². The number of carbonyl (C=O) groups excluding carboxylic acids is 2. The average molecular weight is 669 g/mol. The molecule has 2 aliphatic rings. The lowest BCUT2D eigenvalue weighted by atomic mass is 9.95. The zero-order chi connectivity index (χ0) is 33.5. The molecule has 0 spiro atoms. The first-order valence-corrected chi connectivity index (χ1v) is 14.5. The summed E-state index contributed by atoms with van der Waals surface area (Å²) in [6.07, 6.45) is -22.8. The van der Waals surface area contributed by atoms with Crippen molar-refractivity contribution in [1.82, 2.24) is 10.6 Å². The SMILES string of the molecule is CC(=O)N[C@H]1[C@H](O[C@H]2[C@@H](O)[C@@H](CO)O[C@@H](O[C@@H]([C@@H](O)[C@H](O)CO)[C@H](CO)NC(C)=O)[C@@H]2O)O[C@H](COS(=O)(=O)O)[C@@H](O)[C@@H]1O. The van der Waals surface area contributed by atoms with E-state index in [4.69, 9.17) is 23.5 Å². The van der Waals surface area contributed by atoms with Crippen molar-refractivity contribution in [2.45, 2.75) is 99.6 Å². The van der Waals surface area contributed by atoms with E-state index in [-0.39, 0.29) is 0 Å². The van der Waals surface area contributed by atoms with Crippen LogP contribution in [0.2, 0.25) is 0 Å². The maximum absolute atomic E-state index is 11.8. The molecule has 0 radical (unpaired) electrons. The van der Waals surface area contributed by atoms with Crippen molar-refractivity contribution in [1.29, 1.82) is 0 Å². The minimum atomic E-state index is -5.04. The Bertz CT molecular complexity index is 1040. The lowest BCUT2D eigenvalue weighted by molar-refractivity contribution is -0.357. The predicted octanol–water partition coefficient (Wildman–Crippen LogP) is -7.82. The van der Waals surface area contributed by atoms with Gasteiger partial charge >= 0.3 is 10.4 Å². The zero-order valence-corrected chi connectivity index (χ0v) is 24.3. The van der Waals surface area contributed by atoms with Crippen molar-refractivity contribution in [3.05, 3.63) is 0 Å². The molecule has 0 bridgehead atoms. The minimum Gasteiger partial charge on any atom is -0.394 e. The Balaban J connectivity index is 2.42. The quantitative estimate of drug-likeness (QED) is 0.0721.